The number of piperidine rings is 1. The van der Waals surface area contributed by atoms with Gasteiger partial charge in [-0.3, -0.25) is 4.68 Å². The van der Waals surface area contributed by atoms with Crippen molar-refractivity contribution in [3.63, 3.8) is 0 Å². The van der Waals surface area contributed by atoms with E-state index in [0.717, 1.165) is 56.1 Å². The zero-order valence-corrected chi connectivity index (χ0v) is 18.4. The summed E-state index contributed by atoms with van der Waals surface area (Å²) < 4.78 is 45.1. The standard InChI is InChI=1S/C24H28F3N6/c1-31(15-28)32-13-10-19(18-4-2-3-5-21(18)24(25,26)27)23(32)20-14-30-33(22(20)16-6-7-16)17-8-11-29-12-9-17/h2-5,14,16-17,19,23,29H,1,6-13H2/q+1. The highest BCUT2D eigenvalue weighted by molar-refractivity contribution is 5.39. The summed E-state index contributed by atoms with van der Waals surface area (Å²) in [6, 6.07) is 5.70. The second-order valence-electron chi connectivity index (χ2n) is 9.27. The lowest BCUT2D eigenvalue weighted by Crippen LogP contribution is -2.33. The van der Waals surface area contributed by atoms with Gasteiger partial charge in [0, 0.05) is 23.1 Å². The van der Waals surface area contributed by atoms with Crippen molar-refractivity contribution in [3.05, 3.63) is 52.8 Å². The summed E-state index contributed by atoms with van der Waals surface area (Å²) in [7, 11) is 0. The fourth-order valence-electron chi connectivity index (χ4n) is 5.62. The Balaban J connectivity index is 1.62. The Labute approximate surface area is 191 Å². The van der Waals surface area contributed by atoms with E-state index in [1.54, 1.807) is 12.1 Å². The summed E-state index contributed by atoms with van der Waals surface area (Å²) in [5.74, 6) is -0.0395. The lowest BCUT2D eigenvalue weighted by molar-refractivity contribution is -0.622. The number of nitrogens with zero attached hydrogens (tertiary/aromatic N) is 5. The van der Waals surface area contributed by atoms with E-state index in [2.05, 4.69) is 16.7 Å². The van der Waals surface area contributed by atoms with Crippen LogP contribution in [0.1, 0.15) is 78.4 Å². The van der Waals surface area contributed by atoms with Crippen molar-refractivity contribution in [1.29, 1.82) is 5.26 Å². The molecule has 2 atom stereocenters. The largest absolute Gasteiger partial charge is 0.483 e. The fourth-order valence-corrected chi connectivity index (χ4v) is 5.62. The number of halogens is 3. The Bertz CT molecular complexity index is 1070. The van der Waals surface area contributed by atoms with Crippen molar-refractivity contribution >= 4 is 6.72 Å². The minimum atomic E-state index is -4.44. The maximum absolute atomic E-state index is 13.9. The molecule has 2 aromatic rings. The number of nitriles is 1. The highest BCUT2D eigenvalue weighted by Crippen LogP contribution is 2.52. The number of rotatable bonds is 5. The second-order valence-corrected chi connectivity index (χ2v) is 9.27. The number of hydrogen-bond donors (Lipinski definition) is 1. The van der Waals surface area contributed by atoms with Crippen molar-refractivity contribution in [2.45, 2.75) is 62.2 Å². The number of benzene rings is 1. The number of nitrogens with one attached hydrogen (secondary N) is 1. The van der Waals surface area contributed by atoms with Crippen LogP contribution in [-0.2, 0) is 6.18 Å². The van der Waals surface area contributed by atoms with Gasteiger partial charge in [-0.25, -0.2) is 5.01 Å². The summed E-state index contributed by atoms with van der Waals surface area (Å²) in [4.78, 5) is 0. The molecule has 1 aromatic heterocycles. The third-order valence-electron chi connectivity index (χ3n) is 7.26. The lowest BCUT2D eigenvalue weighted by Gasteiger charge is -2.29. The molecular formula is C24H28F3N6+. The van der Waals surface area contributed by atoms with Crippen LogP contribution in [0.3, 0.4) is 0 Å². The smallest absolute Gasteiger partial charge is 0.317 e. The Hall–Kier alpha value is -2.86. The van der Waals surface area contributed by atoms with Crippen LogP contribution in [0.15, 0.2) is 30.5 Å². The van der Waals surface area contributed by atoms with Gasteiger partial charge in [-0.15, -0.1) is 0 Å². The van der Waals surface area contributed by atoms with Crippen LogP contribution in [-0.4, -0.2) is 45.8 Å². The Morgan fingerprint density at radius 1 is 1.09 bits per heavy atom. The Morgan fingerprint density at radius 2 is 1.82 bits per heavy atom. The molecule has 1 saturated carbocycles. The van der Waals surface area contributed by atoms with Gasteiger partial charge in [-0.05, 0) is 56.8 Å². The molecule has 2 unspecified atom stereocenters. The van der Waals surface area contributed by atoms with Crippen molar-refractivity contribution < 1.29 is 17.9 Å². The quantitative estimate of drug-likeness (QED) is 0.314. The SMILES string of the molecule is C=[N+](C#N)N1CCC(c2ccccc2C(F)(F)F)C1c1cnn(C2CCNCC2)c1C1CC1. The molecule has 0 bridgehead atoms. The predicted octanol–water partition coefficient (Wildman–Crippen LogP) is 4.34. The molecule has 9 heteroatoms. The van der Waals surface area contributed by atoms with Gasteiger partial charge in [0.1, 0.15) is 6.04 Å². The summed E-state index contributed by atoms with van der Waals surface area (Å²) in [5, 5.41) is 19.5. The molecule has 0 spiro atoms. The monoisotopic (exact) mass is 457 g/mol. The minimum Gasteiger partial charge on any atom is -0.317 e. The van der Waals surface area contributed by atoms with Crippen LogP contribution < -0.4 is 5.32 Å². The molecule has 2 aliphatic heterocycles. The van der Waals surface area contributed by atoms with E-state index >= 15 is 0 Å². The molecule has 0 amide bonds. The van der Waals surface area contributed by atoms with Gasteiger partial charge in [-0.2, -0.15) is 18.3 Å². The summed E-state index contributed by atoms with van der Waals surface area (Å²) in [6.07, 6.45) is 4.05. The van der Waals surface area contributed by atoms with Crippen LogP contribution in [0.5, 0.6) is 0 Å². The minimum absolute atomic E-state index is 0.278. The van der Waals surface area contributed by atoms with E-state index < -0.39 is 23.7 Å². The molecule has 174 valence electrons. The van der Waals surface area contributed by atoms with E-state index in [9.17, 15) is 18.4 Å². The number of hydrazine groups is 1. The molecule has 1 aliphatic carbocycles. The molecule has 5 rings (SSSR count). The van der Waals surface area contributed by atoms with Crippen molar-refractivity contribution in [3.8, 4) is 6.19 Å². The van der Waals surface area contributed by atoms with E-state index in [1.807, 2.05) is 17.4 Å². The number of alkyl halides is 3. The summed E-state index contributed by atoms with van der Waals surface area (Å²) in [5.41, 5.74) is 1.76. The lowest BCUT2D eigenvalue weighted by atomic mass is 9.84. The zero-order chi connectivity index (χ0) is 23.2. The molecule has 1 aromatic carbocycles. The highest BCUT2D eigenvalue weighted by Gasteiger charge is 2.47. The Morgan fingerprint density at radius 3 is 2.48 bits per heavy atom. The molecule has 3 aliphatic rings. The second kappa shape index (κ2) is 8.49. The van der Waals surface area contributed by atoms with Gasteiger partial charge >= 0.3 is 12.4 Å². The van der Waals surface area contributed by atoms with Crippen molar-refractivity contribution in [1.82, 2.24) is 20.1 Å². The molecule has 3 heterocycles. The highest BCUT2D eigenvalue weighted by atomic mass is 19.4. The van der Waals surface area contributed by atoms with Crippen LogP contribution >= 0.6 is 0 Å². The molecule has 3 fully saturated rings. The normalized spacial score (nSPS) is 24.1. The molecule has 0 radical (unpaired) electrons. The van der Waals surface area contributed by atoms with Gasteiger partial charge in [-0.1, -0.05) is 22.9 Å². The third-order valence-corrected chi connectivity index (χ3v) is 7.26. The summed E-state index contributed by atoms with van der Waals surface area (Å²) in [6.45, 7) is 6.17. The van der Waals surface area contributed by atoms with Gasteiger partial charge in [0.15, 0.2) is 5.26 Å². The van der Waals surface area contributed by atoms with E-state index in [-0.39, 0.29) is 11.6 Å². The van der Waals surface area contributed by atoms with Crippen LogP contribution in [0.25, 0.3) is 0 Å². The predicted molar refractivity (Wildman–Crippen MR) is 117 cm³/mol. The average Bonchev–Trinajstić information content (AvgIpc) is 3.41. The van der Waals surface area contributed by atoms with Crippen LogP contribution in [0.4, 0.5) is 13.2 Å². The first kappa shape index (κ1) is 22.0. The van der Waals surface area contributed by atoms with Crippen molar-refractivity contribution in [2.75, 3.05) is 19.6 Å². The topological polar surface area (TPSA) is 59.9 Å². The fraction of sp³-hybridized carbons (Fsp3) is 0.542. The van der Waals surface area contributed by atoms with Gasteiger partial charge in [0.05, 0.1) is 31.1 Å². The zero-order valence-electron chi connectivity index (χ0n) is 18.4. The van der Waals surface area contributed by atoms with Gasteiger partial charge in [0.2, 0.25) is 0 Å². The summed E-state index contributed by atoms with van der Waals surface area (Å²) >= 11 is 0. The molecule has 33 heavy (non-hydrogen) atoms. The van der Waals surface area contributed by atoms with Gasteiger partial charge in [0.25, 0.3) is 0 Å². The number of aromatic nitrogens is 2. The number of hydrazone groups is 1. The maximum atomic E-state index is 13.9. The molecule has 6 nitrogen and oxygen atoms in total. The van der Waals surface area contributed by atoms with Crippen molar-refractivity contribution in [2.24, 2.45) is 0 Å². The van der Waals surface area contributed by atoms with Gasteiger partial charge < -0.3 is 5.32 Å². The first-order valence-corrected chi connectivity index (χ1v) is 11.6. The van der Waals surface area contributed by atoms with Crippen LogP contribution in [0, 0.1) is 11.5 Å². The molecule has 1 N–H and O–H groups in total. The van der Waals surface area contributed by atoms with E-state index in [0.29, 0.717) is 18.9 Å². The van der Waals surface area contributed by atoms with Crippen LogP contribution in [0.2, 0.25) is 0 Å². The molecular weight excluding hydrogens is 429 g/mol. The first-order valence-electron chi connectivity index (χ1n) is 11.6. The van der Waals surface area contributed by atoms with E-state index in [4.69, 9.17) is 5.10 Å². The average molecular weight is 458 g/mol. The van der Waals surface area contributed by atoms with E-state index in [1.165, 1.54) is 10.8 Å². The molecule has 2 saturated heterocycles. The maximum Gasteiger partial charge on any atom is 0.483 e. The Kier molecular flexibility index (Phi) is 5.65. The first-order chi connectivity index (χ1) is 15.9. The third kappa shape index (κ3) is 4.01. The number of hydrogen-bond acceptors (Lipinski definition) is 4.